The fraction of sp³-hybridized carbons (Fsp3) is 0.583. The molecular formula is C12H20N4O. The van der Waals surface area contributed by atoms with Crippen molar-refractivity contribution in [3.05, 3.63) is 24.3 Å². The van der Waals surface area contributed by atoms with Crippen molar-refractivity contribution in [2.24, 2.45) is 11.1 Å². The average molecular weight is 236 g/mol. The van der Waals surface area contributed by atoms with Gasteiger partial charge in [0.15, 0.2) is 0 Å². The zero-order valence-electron chi connectivity index (χ0n) is 10.7. The predicted octanol–water partition coefficient (Wildman–Crippen LogP) is 0.924. The van der Waals surface area contributed by atoms with E-state index in [2.05, 4.69) is 9.97 Å². The summed E-state index contributed by atoms with van der Waals surface area (Å²) in [7, 11) is 0. The highest BCUT2D eigenvalue weighted by Crippen LogP contribution is 2.16. The van der Waals surface area contributed by atoms with Gasteiger partial charge in [-0.3, -0.25) is 9.78 Å². The van der Waals surface area contributed by atoms with Crippen molar-refractivity contribution >= 4 is 5.91 Å². The zero-order valence-corrected chi connectivity index (χ0v) is 10.7. The molecule has 0 atom stereocenters. The number of aromatic nitrogens is 2. The van der Waals surface area contributed by atoms with Crippen LogP contribution in [0.2, 0.25) is 0 Å². The van der Waals surface area contributed by atoms with E-state index in [0.717, 1.165) is 0 Å². The SMILES string of the molecule is CCN(CC(C)(C)CN)C(=O)c1cnccn1. The van der Waals surface area contributed by atoms with Crippen molar-refractivity contribution in [1.29, 1.82) is 0 Å². The summed E-state index contributed by atoms with van der Waals surface area (Å²) in [6.45, 7) is 7.82. The molecule has 0 radical (unpaired) electrons. The quantitative estimate of drug-likeness (QED) is 0.825. The van der Waals surface area contributed by atoms with E-state index in [9.17, 15) is 4.79 Å². The molecule has 1 heterocycles. The molecule has 0 aliphatic carbocycles. The number of nitrogens with zero attached hydrogens (tertiary/aromatic N) is 3. The second-order valence-corrected chi connectivity index (χ2v) is 4.78. The van der Waals surface area contributed by atoms with Crippen molar-refractivity contribution < 1.29 is 4.79 Å². The van der Waals surface area contributed by atoms with Crippen molar-refractivity contribution in [1.82, 2.24) is 14.9 Å². The third kappa shape index (κ3) is 3.78. The van der Waals surface area contributed by atoms with Crippen LogP contribution >= 0.6 is 0 Å². The summed E-state index contributed by atoms with van der Waals surface area (Å²) in [6.07, 6.45) is 4.56. The Morgan fingerprint density at radius 1 is 1.47 bits per heavy atom. The Balaban J connectivity index is 2.78. The van der Waals surface area contributed by atoms with Crippen molar-refractivity contribution in [3.8, 4) is 0 Å². The third-order valence-corrected chi connectivity index (χ3v) is 2.62. The van der Waals surface area contributed by atoms with E-state index in [1.807, 2.05) is 20.8 Å². The van der Waals surface area contributed by atoms with E-state index >= 15 is 0 Å². The molecule has 1 rings (SSSR count). The van der Waals surface area contributed by atoms with Crippen LogP contribution in [-0.4, -0.2) is 40.4 Å². The molecular weight excluding hydrogens is 216 g/mol. The molecule has 94 valence electrons. The van der Waals surface area contributed by atoms with Crippen LogP contribution in [0.1, 0.15) is 31.3 Å². The Labute approximate surface area is 102 Å². The Kier molecular flexibility index (Phi) is 4.57. The van der Waals surface area contributed by atoms with Gasteiger partial charge < -0.3 is 10.6 Å². The normalized spacial score (nSPS) is 11.3. The number of hydrogen-bond donors (Lipinski definition) is 1. The van der Waals surface area contributed by atoms with E-state index in [1.165, 1.54) is 12.4 Å². The highest BCUT2D eigenvalue weighted by Gasteiger charge is 2.24. The molecule has 0 unspecified atom stereocenters. The summed E-state index contributed by atoms with van der Waals surface area (Å²) in [5, 5.41) is 0. The molecule has 0 spiro atoms. The first-order valence-corrected chi connectivity index (χ1v) is 5.75. The highest BCUT2D eigenvalue weighted by atomic mass is 16.2. The van der Waals surface area contributed by atoms with Crippen LogP contribution in [-0.2, 0) is 0 Å². The third-order valence-electron chi connectivity index (χ3n) is 2.62. The summed E-state index contributed by atoms with van der Waals surface area (Å²) in [4.78, 5) is 21.8. The number of carbonyl (C=O) groups excluding carboxylic acids is 1. The van der Waals surface area contributed by atoms with Crippen molar-refractivity contribution in [3.63, 3.8) is 0 Å². The Morgan fingerprint density at radius 3 is 2.65 bits per heavy atom. The summed E-state index contributed by atoms with van der Waals surface area (Å²) >= 11 is 0. The molecule has 1 aromatic rings. The summed E-state index contributed by atoms with van der Waals surface area (Å²) in [6, 6.07) is 0. The van der Waals surface area contributed by atoms with Gasteiger partial charge >= 0.3 is 0 Å². The summed E-state index contributed by atoms with van der Waals surface area (Å²) in [5.74, 6) is -0.0953. The maximum absolute atomic E-state index is 12.2. The lowest BCUT2D eigenvalue weighted by Gasteiger charge is -2.30. The van der Waals surface area contributed by atoms with Crippen LogP contribution in [0.5, 0.6) is 0 Å². The minimum Gasteiger partial charge on any atom is -0.337 e. The fourth-order valence-corrected chi connectivity index (χ4v) is 1.48. The zero-order chi connectivity index (χ0) is 12.9. The largest absolute Gasteiger partial charge is 0.337 e. The number of rotatable bonds is 5. The first-order chi connectivity index (χ1) is 8.00. The molecule has 5 nitrogen and oxygen atoms in total. The minimum atomic E-state index is -0.0953. The predicted molar refractivity (Wildman–Crippen MR) is 66.4 cm³/mol. The summed E-state index contributed by atoms with van der Waals surface area (Å²) < 4.78 is 0. The van der Waals surface area contributed by atoms with Gasteiger partial charge in [-0.05, 0) is 18.9 Å². The maximum Gasteiger partial charge on any atom is 0.274 e. The monoisotopic (exact) mass is 236 g/mol. The lowest BCUT2D eigenvalue weighted by atomic mass is 9.93. The fourth-order valence-electron chi connectivity index (χ4n) is 1.48. The van der Waals surface area contributed by atoms with Gasteiger partial charge in [0.2, 0.25) is 0 Å². The summed E-state index contributed by atoms with van der Waals surface area (Å²) in [5.41, 5.74) is 5.97. The van der Waals surface area contributed by atoms with Gasteiger partial charge in [0, 0.05) is 25.5 Å². The Bertz CT molecular complexity index is 364. The molecule has 1 aromatic heterocycles. The molecule has 0 saturated carbocycles. The highest BCUT2D eigenvalue weighted by molar-refractivity contribution is 5.91. The van der Waals surface area contributed by atoms with Gasteiger partial charge in [0.1, 0.15) is 5.69 Å². The Hall–Kier alpha value is -1.49. The molecule has 0 aromatic carbocycles. The standard InChI is InChI=1S/C12H20N4O/c1-4-16(9-12(2,3)8-13)11(17)10-7-14-5-6-15-10/h5-7H,4,8-9,13H2,1-3H3. The second kappa shape index (κ2) is 5.72. The number of amides is 1. The smallest absolute Gasteiger partial charge is 0.274 e. The van der Waals surface area contributed by atoms with Gasteiger partial charge in [0.05, 0.1) is 6.20 Å². The van der Waals surface area contributed by atoms with Crippen LogP contribution in [0.3, 0.4) is 0 Å². The molecule has 2 N–H and O–H groups in total. The lowest BCUT2D eigenvalue weighted by Crippen LogP contribution is -2.42. The molecule has 0 saturated heterocycles. The number of nitrogens with two attached hydrogens (primary N) is 1. The van der Waals surface area contributed by atoms with Crippen molar-refractivity contribution in [2.75, 3.05) is 19.6 Å². The average Bonchev–Trinajstić information content (AvgIpc) is 2.36. The minimum absolute atomic E-state index is 0.0894. The van der Waals surface area contributed by atoms with Crippen LogP contribution in [0.15, 0.2) is 18.6 Å². The first kappa shape index (κ1) is 13.6. The molecule has 17 heavy (non-hydrogen) atoms. The van der Waals surface area contributed by atoms with Crippen LogP contribution in [0.25, 0.3) is 0 Å². The Morgan fingerprint density at radius 2 is 2.18 bits per heavy atom. The van der Waals surface area contributed by atoms with Gasteiger partial charge in [-0.25, -0.2) is 4.98 Å². The van der Waals surface area contributed by atoms with Crippen LogP contribution in [0, 0.1) is 5.41 Å². The van der Waals surface area contributed by atoms with Crippen molar-refractivity contribution in [2.45, 2.75) is 20.8 Å². The molecule has 5 heteroatoms. The molecule has 0 bridgehead atoms. The van der Waals surface area contributed by atoms with Gasteiger partial charge in [-0.1, -0.05) is 13.8 Å². The lowest BCUT2D eigenvalue weighted by molar-refractivity contribution is 0.0694. The van der Waals surface area contributed by atoms with E-state index in [-0.39, 0.29) is 11.3 Å². The van der Waals surface area contributed by atoms with E-state index < -0.39 is 0 Å². The van der Waals surface area contributed by atoms with Crippen LogP contribution in [0.4, 0.5) is 0 Å². The van der Waals surface area contributed by atoms with Gasteiger partial charge in [-0.2, -0.15) is 0 Å². The molecule has 0 aliphatic rings. The first-order valence-electron chi connectivity index (χ1n) is 5.75. The molecule has 0 fully saturated rings. The van der Waals surface area contributed by atoms with Gasteiger partial charge in [0.25, 0.3) is 5.91 Å². The second-order valence-electron chi connectivity index (χ2n) is 4.78. The van der Waals surface area contributed by atoms with E-state index in [4.69, 9.17) is 5.73 Å². The van der Waals surface area contributed by atoms with Gasteiger partial charge in [-0.15, -0.1) is 0 Å². The van der Waals surface area contributed by atoms with Crippen LogP contribution < -0.4 is 5.73 Å². The van der Waals surface area contributed by atoms with E-state index in [1.54, 1.807) is 11.1 Å². The molecule has 0 aliphatic heterocycles. The maximum atomic E-state index is 12.2. The molecule has 1 amide bonds. The van der Waals surface area contributed by atoms with E-state index in [0.29, 0.717) is 25.3 Å². The number of hydrogen-bond acceptors (Lipinski definition) is 4. The topological polar surface area (TPSA) is 72.1 Å². The number of carbonyl (C=O) groups is 1.